The molecule has 1 atom stereocenters. The summed E-state index contributed by atoms with van der Waals surface area (Å²) in [5.41, 5.74) is 0. The fraction of sp³-hybridized carbons (Fsp3) is 0.875. The normalized spacial score (nSPS) is 14.8. The zero-order chi connectivity index (χ0) is 14.6. The Labute approximate surface area is 103 Å². The first-order valence-corrected chi connectivity index (χ1v) is 6.47. The van der Waals surface area contributed by atoms with E-state index >= 15 is 0 Å². The maximum Gasteiger partial charge on any atom is 0.402 e. The van der Waals surface area contributed by atoms with Crippen molar-refractivity contribution in [3.05, 3.63) is 0 Å². The highest BCUT2D eigenvalue weighted by Crippen LogP contribution is 2.13. The molecular weight excluding hydrogens is 277 g/mol. The average molecular weight is 292 g/mol. The summed E-state index contributed by atoms with van der Waals surface area (Å²) in [5, 5.41) is 8.55. The minimum atomic E-state index is -4.67. The molecule has 0 amide bonds. The summed E-state index contributed by atoms with van der Waals surface area (Å²) in [6.45, 7) is 1.40. The number of carboxylic acid groups (broad SMARTS) is 1. The van der Waals surface area contributed by atoms with Crippen molar-refractivity contribution < 1.29 is 31.5 Å². The highest BCUT2D eigenvalue weighted by atomic mass is 32.2. The van der Waals surface area contributed by atoms with Gasteiger partial charge in [0.25, 0.3) is 10.2 Å². The van der Waals surface area contributed by atoms with E-state index in [1.54, 1.807) is 13.8 Å². The number of carbonyl (C=O) groups is 1. The van der Waals surface area contributed by atoms with Crippen molar-refractivity contribution in [2.75, 3.05) is 6.54 Å². The van der Waals surface area contributed by atoms with Gasteiger partial charge in [-0.3, -0.25) is 4.79 Å². The minimum Gasteiger partial charge on any atom is -0.481 e. The number of hydrogen-bond acceptors (Lipinski definition) is 3. The lowest BCUT2D eigenvalue weighted by molar-refractivity contribution is -0.137. The van der Waals surface area contributed by atoms with Gasteiger partial charge in [-0.05, 0) is 5.92 Å². The van der Waals surface area contributed by atoms with Crippen LogP contribution in [0.3, 0.4) is 0 Å². The van der Waals surface area contributed by atoms with E-state index in [-0.39, 0.29) is 5.92 Å². The first-order valence-electron chi connectivity index (χ1n) is 4.98. The van der Waals surface area contributed by atoms with Crippen LogP contribution in [0, 0.1) is 5.92 Å². The Hall–Kier alpha value is -0.870. The standard InChI is InChI=1S/C8H15F3N2O4S/c1-5(2)6(3-7(14)15)13-18(16,17)12-4-8(9,10)11/h5-6,12-13H,3-4H2,1-2H3,(H,14,15). The van der Waals surface area contributed by atoms with Crippen LogP contribution in [-0.4, -0.2) is 38.3 Å². The predicted octanol–water partition coefficient (Wildman–Crippen LogP) is 0.472. The number of carboxylic acids is 1. The van der Waals surface area contributed by atoms with Gasteiger partial charge >= 0.3 is 12.1 Å². The van der Waals surface area contributed by atoms with Gasteiger partial charge in [0, 0.05) is 6.04 Å². The van der Waals surface area contributed by atoms with Crippen molar-refractivity contribution >= 4 is 16.2 Å². The summed E-state index contributed by atoms with van der Waals surface area (Å²) in [7, 11) is -4.39. The highest BCUT2D eigenvalue weighted by Gasteiger charge is 2.31. The van der Waals surface area contributed by atoms with Gasteiger partial charge in [0.05, 0.1) is 6.42 Å². The summed E-state index contributed by atoms with van der Waals surface area (Å²) in [4.78, 5) is 10.5. The van der Waals surface area contributed by atoms with Gasteiger partial charge in [-0.2, -0.15) is 31.0 Å². The van der Waals surface area contributed by atoms with Crippen LogP contribution < -0.4 is 9.44 Å². The van der Waals surface area contributed by atoms with Crippen LogP contribution >= 0.6 is 0 Å². The molecule has 1 unspecified atom stereocenters. The molecule has 0 spiro atoms. The molecule has 0 heterocycles. The van der Waals surface area contributed by atoms with Gasteiger partial charge < -0.3 is 5.11 Å². The third-order valence-electron chi connectivity index (χ3n) is 1.97. The summed E-state index contributed by atoms with van der Waals surface area (Å²) >= 11 is 0. The Morgan fingerprint density at radius 3 is 2.17 bits per heavy atom. The number of nitrogens with one attached hydrogen (secondary N) is 2. The second-order valence-corrected chi connectivity index (χ2v) is 5.54. The van der Waals surface area contributed by atoms with Gasteiger partial charge in [-0.25, -0.2) is 0 Å². The fourth-order valence-corrected chi connectivity index (χ4v) is 2.21. The van der Waals surface area contributed by atoms with Crippen LogP contribution in [0.25, 0.3) is 0 Å². The van der Waals surface area contributed by atoms with Crippen LogP contribution in [0.2, 0.25) is 0 Å². The Morgan fingerprint density at radius 2 is 1.83 bits per heavy atom. The zero-order valence-corrected chi connectivity index (χ0v) is 10.6. The van der Waals surface area contributed by atoms with E-state index in [1.165, 1.54) is 4.72 Å². The molecule has 10 heteroatoms. The monoisotopic (exact) mass is 292 g/mol. The number of aliphatic carboxylic acids is 1. The number of hydrogen-bond donors (Lipinski definition) is 3. The number of halogens is 3. The predicted molar refractivity (Wildman–Crippen MR) is 57.0 cm³/mol. The molecule has 0 aromatic rings. The molecule has 0 fully saturated rings. The van der Waals surface area contributed by atoms with Crippen LogP contribution in [0.1, 0.15) is 20.3 Å². The minimum absolute atomic E-state index is 0.372. The lowest BCUT2D eigenvalue weighted by atomic mass is 10.0. The molecule has 0 saturated heterocycles. The van der Waals surface area contributed by atoms with Crippen LogP contribution in [0.4, 0.5) is 13.2 Å². The first kappa shape index (κ1) is 17.1. The van der Waals surface area contributed by atoms with Crippen molar-refractivity contribution in [1.82, 2.24) is 9.44 Å². The number of rotatable bonds is 7. The SMILES string of the molecule is CC(C)C(CC(=O)O)NS(=O)(=O)NCC(F)(F)F. The Morgan fingerprint density at radius 1 is 1.33 bits per heavy atom. The van der Waals surface area contributed by atoms with Crippen molar-refractivity contribution in [2.45, 2.75) is 32.5 Å². The molecule has 0 bridgehead atoms. The molecule has 0 aromatic carbocycles. The zero-order valence-electron chi connectivity index (χ0n) is 9.78. The van der Waals surface area contributed by atoms with Gasteiger partial charge in [0.15, 0.2) is 0 Å². The molecule has 108 valence electrons. The Bertz CT molecular complexity index is 380. The molecular formula is C8H15F3N2O4S. The lowest BCUT2D eigenvalue weighted by Gasteiger charge is -2.20. The van der Waals surface area contributed by atoms with Crippen molar-refractivity contribution in [3.63, 3.8) is 0 Å². The third kappa shape index (κ3) is 8.25. The second-order valence-electron chi connectivity index (χ2n) is 4.01. The van der Waals surface area contributed by atoms with E-state index in [0.717, 1.165) is 0 Å². The smallest absolute Gasteiger partial charge is 0.402 e. The van der Waals surface area contributed by atoms with Crippen molar-refractivity contribution in [2.24, 2.45) is 5.92 Å². The highest BCUT2D eigenvalue weighted by molar-refractivity contribution is 7.87. The molecule has 3 N–H and O–H groups in total. The van der Waals surface area contributed by atoms with Gasteiger partial charge in [0.2, 0.25) is 0 Å². The van der Waals surface area contributed by atoms with Crippen molar-refractivity contribution in [1.29, 1.82) is 0 Å². The Balaban J connectivity index is 4.57. The third-order valence-corrected chi connectivity index (χ3v) is 3.11. The van der Waals surface area contributed by atoms with E-state index in [0.29, 0.717) is 0 Å². The lowest BCUT2D eigenvalue weighted by Crippen LogP contribution is -2.48. The fourth-order valence-electron chi connectivity index (χ4n) is 1.02. The Kier molecular flexibility index (Phi) is 6.04. The molecule has 0 aromatic heterocycles. The molecule has 0 saturated carbocycles. The van der Waals surface area contributed by atoms with E-state index < -0.39 is 41.4 Å². The quantitative estimate of drug-likeness (QED) is 0.635. The van der Waals surface area contributed by atoms with Gasteiger partial charge in [-0.1, -0.05) is 13.8 Å². The van der Waals surface area contributed by atoms with Crippen LogP contribution in [0.5, 0.6) is 0 Å². The van der Waals surface area contributed by atoms with Crippen LogP contribution in [0.15, 0.2) is 0 Å². The second kappa shape index (κ2) is 6.34. The maximum absolute atomic E-state index is 11.8. The summed E-state index contributed by atoms with van der Waals surface area (Å²) in [5.74, 6) is -1.62. The average Bonchev–Trinajstić information content (AvgIpc) is 2.11. The summed E-state index contributed by atoms with van der Waals surface area (Å²) < 4.78 is 61.2. The largest absolute Gasteiger partial charge is 0.481 e. The topological polar surface area (TPSA) is 95.5 Å². The number of alkyl halides is 3. The summed E-state index contributed by atoms with van der Waals surface area (Å²) in [6, 6.07) is -0.978. The molecule has 18 heavy (non-hydrogen) atoms. The molecule has 0 radical (unpaired) electrons. The van der Waals surface area contributed by atoms with Crippen molar-refractivity contribution in [3.8, 4) is 0 Å². The molecule has 0 rings (SSSR count). The maximum atomic E-state index is 11.8. The van der Waals surface area contributed by atoms with Gasteiger partial charge in [-0.15, -0.1) is 0 Å². The van der Waals surface area contributed by atoms with E-state index in [4.69, 9.17) is 5.11 Å². The van der Waals surface area contributed by atoms with Crippen LogP contribution in [-0.2, 0) is 15.0 Å². The first-order chi connectivity index (χ1) is 7.93. The van der Waals surface area contributed by atoms with E-state index in [9.17, 15) is 26.4 Å². The van der Waals surface area contributed by atoms with E-state index in [2.05, 4.69) is 0 Å². The molecule has 0 aliphatic carbocycles. The summed E-state index contributed by atoms with van der Waals surface area (Å²) in [6.07, 6.45) is -5.18. The molecule has 0 aliphatic heterocycles. The van der Waals surface area contributed by atoms with E-state index in [1.807, 2.05) is 4.72 Å². The van der Waals surface area contributed by atoms with Gasteiger partial charge in [0.1, 0.15) is 6.54 Å². The molecule has 6 nitrogen and oxygen atoms in total. The molecule has 0 aliphatic rings.